The Kier molecular flexibility index (Phi) is 32.3. The molecule has 99 heavy (non-hydrogen) atoms. The Hall–Kier alpha value is -9.08. The number of hydrogen-bond acceptors (Lipinski definition) is 16. The number of aromatic nitrogens is 19. The van der Waals surface area contributed by atoms with E-state index in [0.29, 0.717) is 11.5 Å². The summed E-state index contributed by atoms with van der Waals surface area (Å²) < 4.78 is 19.1. The maximum Gasteiger partial charge on any atom is 0.419 e. The van der Waals surface area contributed by atoms with Crippen LogP contribution in [-0.4, -0.2) is 93.9 Å². The van der Waals surface area contributed by atoms with Crippen LogP contribution in [0.15, 0.2) is 180 Å². The number of fused-ring (bicyclic) bond motifs is 1. The molecule has 0 amide bonds. The fourth-order valence-corrected chi connectivity index (χ4v) is 7.54. The van der Waals surface area contributed by atoms with Gasteiger partial charge in [-0.1, -0.05) is 147 Å². The van der Waals surface area contributed by atoms with Crippen molar-refractivity contribution in [1.82, 2.24) is 93.9 Å². The molecule has 0 saturated carbocycles. The van der Waals surface area contributed by atoms with E-state index in [-0.39, 0.29) is 60.4 Å². The number of imidazole rings is 1. The van der Waals surface area contributed by atoms with Gasteiger partial charge >= 0.3 is 5.76 Å². The first-order valence-electron chi connectivity index (χ1n) is 33.5. The molecule has 1 N–H and O–H groups in total. The van der Waals surface area contributed by atoms with Crippen molar-refractivity contribution in [2.75, 3.05) is 0 Å². The summed E-state index contributed by atoms with van der Waals surface area (Å²) in [6.45, 7) is 63.7. The number of rotatable bonds is 0. The minimum Gasteiger partial charge on any atom is -0.408 e. The summed E-state index contributed by atoms with van der Waals surface area (Å²) in [6, 6.07) is 19.8. The van der Waals surface area contributed by atoms with E-state index in [1.165, 1.54) is 27.6 Å². The number of nitrogens with zero attached hydrogens (tertiary/aromatic N) is 18. The van der Waals surface area contributed by atoms with Gasteiger partial charge < -0.3 is 13.5 Å². The zero-order valence-electron chi connectivity index (χ0n) is 65.9. The maximum atomic E-state index is 11.3. The lowest BCUT2D eigenvalue weighted by Gasteiger charge is -2.19. The summed E-state index contributed by atoms with van der Waals surface area (Å²) in [5, 5.41) is 25.8. The number of aryl methyl sites for hydroxylation is 1. The third-order valence-electron chi connectivity index (χ3n) is 13.9. The summed E-state index contributed by atoms with van der Waals surface area (Å²) >= 11 is 0. The highest BCUT2D eigenvalue weighted by Gasteiger charge is 2.21. The standard InChI is InChI=1S/C12H15NO2.2C9H13N.C8H12N2.3C7H12N2.2C6H11N3.C6H10N2O/c1-12(2,3)8-5-6-10-9(7-8)13(4)11(14)15-10;1-9(2,3)8-4-6-10-7-5-8;1-9(2,3)8-6-4-5-7-10-8;1-8(2,3)7-9-5-4-6-10-7;1-7(2,3)6-4-8-9-5-6;1-7(2,3)9-5-4-8-6-9;1-7(2,3)9-6-4-5-8-9;1-6(2,3)9-5-7-4-8-9;1-6(2,3)9-5-4-7-8-9;1-6(2,3)5-7-4-8-9-5/h5-7H,1-4H3;2*4-7H,1-3H3;4-6H,1-3H3;4-5H,1-3H3,(H,8,9);2*4-6H,1-3H3;2*4-5H,1-3H3;4H,1-3H3. The average Bonchev–Trinajstić information content (AvgIpc) is 1.66. The highest BCUT2D eigenvalue weighted by atomic mass is 16.5. The molecular formula is C77H121N19O3. The molecule has 0 aliphatic heterocycles. The van der Waals surface area contributed by atoms with E-state index < -0.39 is 0 Å². The van der Waals surface area contributed by atoms with Crippen LogP contribution >= 0.6 is 0 Å². The van der Waals surface area contributed by atoms with Crippen molar-refractivity contribution in [3.8, 4) is 0 Å². The number of aromatic amines is 1. The Morgan fingerprint density at radius 2 is 1.02 bits per heavy atom. The van der Waals surface area contributed by atoms with E-state index in [1.807, 2.05) is 133 Å². The highest BCUT2D eigenvalue weighted by Crippen LogP contribution is 2.26. The third-order valence-corrected chi connectivity index (χ3v) is 13.9. The molecular weight excluding hydrogens is 1240 g/mol. The molecule has 0 aliphatic carbocycles. The first-order chi connectivity index (χ1) is 45.3. The molecule has 10 aromatic heterocycles. The average molecular weight is 1360 g/mol. The summed E-state index contributed by atoms with van der Waals surface area (Å²) in [7, 11) is 1.72. The second kappa shape index (κ2) is 37.2. The topological polar surface area (TPSA) is 251 Å². The van der Waals surface area contributed by atoms with Crippen LogP contribution in [0.1, 0.15) is 242 Å². The summed E-state index contributed by atoms with van der Waals surface area (Å²) in [5.41, 5.74) is 7.68. The Balaban J connectivity index is 0.000000376. The van der Waals surface area contributed by atoms with Gasteiger partial charge in [0.2, 0.25) is 5.89 Å². The van der Waals surface area contributed by atoms with Crippen molar-refractivity contribution in [2.45, 2.75) is 262 Å². The lowest BCUT2D eigenvalue weighted by atomic mass is 9.87. The number of hydrogen-bond donors (Lipinski definition) is 1. The van der Waals surface area contributed by atoms with Crippen molar-refractivity contribution in [3.63, 3.8) is 0 Å². The van der Waals surface area contributed by atoms with E-state index in [2.05, 4.69) is 280 Å². The van der Waals surface area contributed by atoms with Gasteiger partial charge in [-0.25, -0.2) is 34.1 Å². The minimum absolute atomic E-state index is 0.0174. The molecule has 0 atom stereocenters. The molecule has 22 nitrogen and oxygen atoms in total. The van der Waals surface area contributed by atoms with Crippen LogP contribution in [0.3, 0.4) is 0 Å². The molecule has 0 radical (unpaired) electrons. The normalized spacial score (nSPS) is 11.8. The van der Waals surface area contributed by atoms with E-state index in [1.54, 1.807) is 50.7 Å². The zero-order chi connectivity index (χ0) is 75.5. The molecule has 22 heteroatoms. The van der Waals surface area contributed by atoms with Crippen molar-refractivity contribution in [2.24, 2.45) is 7.05 Å². The van der Waals surface area contributed by atoms with Crippen molar-refractivity contribution in [3.05, 3.63) is 211 Å². The van der Waals surface area contributed by atoms with E-state index in [0.717, 1.165) is 17.0 Å². The van der Waals surface area contributed by atoms with Crippen LogP contribution in [0.5, 0.6) is 0 Å². The fourth-order valence-electron chi connectivity index (χ4n) is 7.54. The molecule has 0 unspecified atom stereocenters. The Morgan fingerprint density at radius 3 is 1.32 bits per heavy atom. The summed E-state index contributed by atoms with van der Waals surface area (Å²) in [5.74, 6) is 1.27. The van der Waals surface area contributed by atoms with Crippen LogP contribution in [0.2, 0.25) is 0 Å². The predicted molar refractivity (Wildman–Crippen MR) is 402 cm³/mol. The predicted octanol–water partition coefficient (Wildman–Crippen LogP) is 17.4. The monoisotopic (exact) mass is 1360 g/mol. The molecule has 11 rings (SSSR count). The molecule has 0 saturated heterocycles. The van der Waals surface area contributed by atoms with Gasteiger partial charge in [-0.05, 0) is 165 Å². The number of pyridine rings is 2. The van der Waals surface area contributed by atoms with Gasteiger partial charge in [0.05, 0.1) is 40.9 Å². The van der Waals surface area contributed by atoms with Crippen molar-refractivity contribution in [1.29, 1.82) is 0 Å². The first-order valence-corrected chi connectivity index (χ1v) is 33.5. The number of nitrogens with one attached hydrogen (secondary N) is 1. The van der Waals surface area contributed by atoms with Crippen LogP contribution in [0.25, 0.3) is 11.1 Å². The van der Waals surface area contributed by atoms with E-state index in [4.69, 9.17) is 8.94 Å². The van der Waals surface area contributed by atoms with Crippen LogP contribution < -0.4 is 5.76 Å². The van der Waals surface area contributed by atoms with Crippen LogP contribution in [0, 0.1) is 0 Å². The second-order valence-electron chi connectivity index (χ2n) is 33.7. The Labute approximate surface area is 591 Å². The highest BCUT2D eigenvalue weighted by molar-refractivity contribution is 5.74. The van der Waals surface area contributed by atoms with Gasteiger partial charge in [-0.2, -0.15) is 20.3 Å². The van der Waals surface area contributed by atoms with E-state index in [9.17, 15) is 4.79 Å². The Bertz CT molecular complexity index is 3400. The molecule has 10 heterocycles. The molecule has 1 aromatic carbocycles. The van der Waals surface area contributed by atoms with Crippen molar-refractivity contribution < 1.29 is 8.94 Å². The molecule has 0 spiro atoms. The van der Waals surface area contributed by atoms with Crippen LogP contribution in [-0.2, 0) is 61.7 Å². The molecule has 0 bridgehead atoms. The third kappa shape index (κ3) is 33.4. The summed E-state index contributed by atoms with van der Waals surface area (Å²) in [4.78, 5) is 39.5. The molecule has 542 valence electrons. The van der Waals surface area contributed by atoms with Gasteiger partial charge in [-0.3, -0.25) is 24.3 Å². The quantitative estimate of drug-likeness (QED) is 0.148. The number of H-pyrrole nitrogens is 1. The van der Waals surface area contributed by atoms with Gasteiger partial charge in [0.15, 0.2) is 11.9 Å². The van der Waals surface area contributed by atoms with Gasteiger partial charge in [0.25, 0.3) is 0 Å². The van der Waals surface area contributed by atoms with Gasteiger partial charge in [-0.15, -0.1) is 5.10 Å². The number of oxazole rings is 1. The van der Waals surface area contributed by atoms with Crippen molar-refractivity contribution >= 4 is 11.1 Å². The van der Waals surface area contributed by atoms with E-state index >= 15 is 0 Å². The van der Waals surface area contributed by atoms with Gasteiger partial charge in [0.1, 0.15) is 18.5 Å². The SMILES string of the molecule is CC(C)(C)c1ccccn1.CC(C)(C)c1ccncc1.CC(C)(C)c1cn[nH]c1.CC(C)(C)c1ncccn1.CC(C)(C)c1ncno1.CC(C)(C)n1cccn1.CC(C)(C)n1ccnc1.CC(C)(C)n1ccnn1.CC(C)(C)n1cncn1.Cn1c(=O)oc2ccc(C(C)(C)C)cc21. The van der Waals surface area contributed by atoms with Gasteiger partial charge in [0, 0.05) is 103 Å². The first kappa shape index (κ1) is 86.0. The second-order valence-corrected chi connectivity index (χ2v) is 33.7. The zero-order valence-corrected chi connectivity index (χ0v) is 65.9. The lowest BCUT2D eigenvalue weighted by Crippen LogP contribution is -2.22. The maximum absolute atomic E-state index is 11.3. The fraction of sp³-hybridized carbons (Fsp3) is 0.532. The minimum atomic E-state index is -0.309. The molecule has 11 aromatic rings. The largest absolute Gasteiger partial charge is 0.419 e. The number of benzene rings is 1. The summed E-state index contributed by atoms with van der Waals surface area (Å²) in [6.07, 6.45) is 30.4. The lowest BCUT2D eigenvalue weighted by molar-refractivity contribution is 0.320. The van der Waals surface area contributed by atoms with Crippen LogP contribution in [0.4, 0.5) is 0 Å². The smallest absolute Gasteiger partial charge is 0.408 e. The Morgan fingerprint density at radius 1 is 0.434 bits per heavy atom. The molecule has 0 aliphatic rings. The molecule has 0 fully saturated rings.